The molecule has 19 heavy (non-hydrogen) atoms. The Morgan fingerprint density at radius 2 is 2.37 bits per heavy atom. The first-order chi connectivity index (χ1) is 9.34. The van der Waals surface area contributed by atoms with Gasteiger partial charge in [0.15, 0.2) is 10.8 Å². The van der Waals surface area contributed by atoms with E-state index in [4.69, 9.17) is 4.42 Å². The van der Waals surface area contributed by atoms with Gasteiger partial charge in [0.2, 0.25) is 0 Å². The van der Waals surface area contributed by atoms with Crippen LogP contribution in [-0.2, 0) is 0 Å². The molecule has 1 N–H and O–H groups in total. The normalized spacial score (nSPS) is 16.3. The van der Waals surface area contributed by atoms with Crippen molar-refractivity contribution in [3.8, 4) is 10.8 Å². The maximum absolute atomic E-state index is 12.4. The van der Waals surface area contributed by atoms with E-state index in [0.717, 1.165) is 37.6 Å². The summed E-state index contributed by atoms with van der Waals surface area (Å²) in [5.74, 6) is 0.778. The third kappa shape index (κ3) is 2.69. The maximum atomic E-state index is 12.4. The molecule has 3 rings (SSSR count). The Balaban J connectivity index is 1.76. The Morgan fingerprint density at radius 1 is 1.42 bits per heavy atom. The number of rotatable bonds is 2. The first-order valence-electron chi connectivity index (χ1n) is 6.34. The fourth-order valence-corrected chi connectivity index (χ4v) is 2.94. The molecular weight excluding hydrogens is 262 g/mol. The number of nitrogens with one attached hydrogen (secondary N) is 1. The van der Waals surface area contributed by atoms with Gasteiger partial charge < -0.3 is 14.6 Å². The van der Waals surface area contributed by atoms with Gasteiger partial charge in [-0.05, 0) is 25.1 Å². The predicted octanol–water partition coefficient (Wildman–Crippen LogP) is 1.84. The lowest BCUT2D eigenvalue weighted by Crippen LogP contribution is -2.33. The Labute approximate surface area is 115 Å². The summed E-state index contributed by atoms with van der Waals surface area (Å²) in [6, 6.07) is 3.67. The van der Waals surface area contributed by atoms with Crippen LogP contribution in [0.25, 0.3) is 10.8 Å². The van der Waals surface area contributed by atoms with Crippen LogP contribution in [0.15, 0.2) is 29.0 Å². The minimum absolute atomic E-state index is 0.0685. The molecule has 6 heteroatoms. The number of aromatic nitrogens is 1. The Morgan fingerprint density at radius 3 is 3.21 bits per heavy atom. The zero-order valence-electron chi connectivity index (χ0n) is 10.5. The van der Waals surface area contributed by atoms with Crippen LogP contribution in [0.2, 0.25) is 0 Å². The third-order valence-corrected chi connectivity index (χ3v) is 4.08. The smallest absolute Gasteiger partial charge is 0.265 e. The lowest BCUT2D eigenvalue weighted by atomic mass is 10.3. The summed E-state index contributed by atoms with van der Waals surface area (Å²) >= 11 is 1.38. The van der Waals surface area contributed by atoms with Gasteiger partial charge in [-0.25, -0.2) is 4.98 Å². The highest BCUT2D eigenvalue weighted by atomic mass is 32.1. The van der Waals surface area contributed by atoms with Crippen molar-refractivity contribution in [3.63, 3.8) is 0 Å². The highest BCUT2D eigenvalue weighted by molar-refractivity contribution is 7.16. The maximum Gasteiger partial charge on any atom is 0.265 e. The van der Waals surface area contributed by atoms with Gasteiger partial charge in [-0.1, -0.05) is 0 Å². The highest BCUT2D eigenvalue weighted by Crippen LogP contribution is 2.26. The van der Waals surface area contributed by atoms with Crippen LogP contribution in [0.4, 0.5) is 0 Å². The Hall–Kier alpha value is -1.66. The molecule has 1 aliphatic rings. The molecule has 2 aromatic rings. The Bertz CT molecular complexity index is 542. The first kappa shape index (κ1) is 12.4. The summed E-state index contributed by atoms with van der Waals surface area (Å²) in [6.07, 6.45) is 4.25. The fraction of sp³-hybridized carbons (Fsp3) is 0.385. The molecule has 3 heterocycles. The van der Waals surface area contributed by atoms with Gasteiger partial charge in [0.25, 0.3) is 5.91 Å². The number of carbonyl (C=O) groups excluding carboxylic acids is 1. The van der Waals surface area contributed by atoms with Gasteiger partial charge in [-0.15, -0.1) is 11.3 Å². The predicted molar refractivity (Wildman–Crippen MR) is 73.2 cm³/mol. The first-order valence-corrected chi connectivity index (χ1v) is 7.16. The molecule has 1 aliphatic heterocycles. The highest BCUT2D eigenvalue weighted by Gasteiger charge is 2.20. The monoisotopic (exact) mass is 277 g/mol. The van der Waals surface area contributed by atoms with Crippen LogP contribution in [-0.4, -0.2) is 42.0 Å². The van der Waals surface area contributed by atoms with Crippen LogP contribution in [0.1, 0.15) is 16.1 Å². The minimum atomic E-state index is 0.0685. The summed E-state index contributed by atoms with van der Waals surface area (Å²) in [4.78, 5) is 19.2. The second-order valence-electron chi connectivity index (χ2n) is 4.40. The summed E-state index contributed by atoms with van der Waals surface area (Å²) in [7, 11) is 0. The molecular formula is C13H15N3O2S. The van der Waals surface area contributed by atoms with Gasteiger partial charge in [0.1, 0.15) is 4.88 Å². The van der Waals surface area contributed by atoms with Gasteiger partial charge in [-0.3, -0.25) is 4.79 Å². The van der Waals surface area contributed by atoms with Crippen molar-refractivity contribution in [1.82, 2.24) is 15.2 Å². The second-order valence-corrected chi connectivity index (χ2v) is 5.43. The van der Waals surface area contributed by atoms with E-state index in [0.29, 0.717) is 10.6 Å². The molecule has 100 valence electrons. The molecule has 5 nitrogen and oxygen atoms in total. The topological polar surface area (TPSA) is 58.4 Å². The molecule has 0 atom stereocenters. The summed E-state index contributed by atoms with van der Waals surface area (Å²) in [5.41, 5.74) is 0. The van der Waals surface area contributed by atoms with Crippen molar-refractivity contribution in [2.24, 2.45) is 0 Å². The standard InChI is InChI=1S/C13H15N3O2S/c17-13(16-6-2-4-14-5-7-16)11-9-15-12(19-11)10-3-1-8-18-10/h1,3,8-9,14H,2,4-7H2. The zero-order chi connectivity index (χ0) is 13.1. The lowest BCUT2D eigenvalue weighted by molar-refractivity contribution is 0.0771. The molecule has 0 aliphatic carbocycles. The van der Waals surface area contributed by atoms with Crippen molar-refractivity contribution in [3.05, 3.63) is 29.5 Å². The molecule has 1 fully saturated rings. The number of hydrogen-bond acceptors (Lipinski definition) is 5. The van der Waals surface area contributed by atoms with E-state index in [1.807, 2.05) is 17.0 Å². The quantitative estimate of drug-likeness (QED) is 0.910. The second kappa shape index (κ2) is 5.54. The number of amides is 1. The van der Waals surface area contributed by atoms with Crippen LogP contribution in [0.3, 0.4) is 0 Å². The van der Waals surface area contributed by atoms with Crippen LogP contribution in [0.5, 0.6) is 0 Å². The largest absolute Gasteiger partial charge is 0.462 e. The molecule has 1 amide bonds. The van der Waals surface area contributed by atoms with Crippen molar-refractivity contribution in [2.45, 2.75) is 6.42 Å². The average Bonchev–Trinajstić information content (AvgIpc) is 3.04. The number of thiazole rings is 1. The number of nitrogens with zero attached hydrogens (tertiary/aromatic N) is 2. The summed E-state index contributed by atoms with van der Waals surface area (Å²) in [6.45, 7) is 3.40. The number of furan rings is 1. The van der Waals surface area contributed by atoms with Gasteiger partial charge >= 0.3 is 0 Å². The van der Waals surface area contributed by atoms with E-state index < -0.39 is 0 Å². The van der Waals surface area contributed by atoms with E-state index >= 15 is 0 Å². The van der Waals surface area contributed by atoms with E-state index in [1.165, 1.54) is 11.3 Å². The summed E-state index contributed by atoms with van der Waals surface area (Å²) < 4.78 is 5.29. The van der Waals surface area contributed by atoms with Crippen LogP contribution < -0.4 is 5.32 Å². The molecule has 0 unspecified atom stereocenters. The third-order valence-electron chi connectivity index (χ3n) is 3.08. The molecule has 2 aromatic heterocycles. The lowest BCUT2D eigenvalue weighted by Gasteiger charge is -2.18. The number of carbonyl (C=O) groups is 1. The van der Waals surface area contributed by atoms with E-state index in [9.17, 15) is 4.79 Å². The Kier molecular flexibility index (Phi) is 3.61. The molecule has 0 saturated carbocycles. The molecule has 0 radical (unpaired) electrons. The van der Waals surface area contributed by atoms with E-state index in [1.54, 1.807) is 12.5 Å². The fourth-order valence-electron chi connectivity index (χ4n) is 2.09. The van der Waals surface area contributed by atoms with Gasteiger partial charge in [0.05, 0.1) is 12.5 Å². The van der Waals surface area contributed by atoms with Crippen LogP contribution in [0, 0.1) is 0 Å². The van der Waals surface area contributed by atoms with Crippen molar-refractivity contribution in [1.29, 1.82) is 0 Å². The molecule has 1 saturated heterocycles. The molecule has 0 spiro atoms. The zero-order valence-corrected chi connectivity index (χ0v) is 11.3. The van der Waals surface area contributed by atoms with E-state index in [-0.39, 0.29) is 5.91 Å². The molecule has 0 aromatic carbocycles. The van der Waals surface area contributed by atoms with Gasteiger partial charge in [-0.2, -0.15) is 0 Å². The molecule has 0 bridgehead atoms. The average molecular weight is 277 g/mol. The van der Waals surface area contributed by atoms with E-state index in [2.05, 4.69) is 10.3 Å². The minimum Gasteiger partial charge on any atom is -0.462 e. The summed E-state index contributed by atoms with van der Waals surface area (Å²) in [5, 5.41) is 4.04. The van der Waals surface area contributed by atoms with Crippen molar-refractivity contribution in [2.75, 3.05) is 26.2 Å². The SMILES string of the molecule is O=C(c1cnc(-c2ccco2)s1)N1CCCNCC1. The van der Waals surface area contributed by atoms with Crippen LogP contribution >= 0.6 is 11.3 Å². The van der Waals surface area contributed by atoms with Gasteiger partial charge in [0, 0.05) is 19.6 Å². The number of hydrogen-bond donors (Lipinski definition) is 1. The van der Waals surface area contributed by atoms with Crippen molar-refractivity contribution < 1.29 is 9.21 Å². The van der Waals surface area contributed by atoms with Crippen molar-refractivity contribution >= 4 is 17.2 Å².